The molecule has 2 aromatic carbocycles. The highest BCUT2D eigenvalue weighted by Gasteiger charge is 2.45. The number of hydrogen-bond acceptors (Lipinski definition) is 5. The number of ether oxygens (including phenoxy) is 1. The summed E-state index contributed by atoms with van der Waals surface area (Å²) in [4.78, 5) is 23.9. The van der Waals surface area contributed by atoms with Gasteiger partial charge in [0.05, 0.1) is 17.6 Å². The number of rotatable bonds is 6. The molecular formula is C21H20ClF3N2O5S. The molecule has 0 spiro atoms. The van der Waals surface area contributed by atoms with Gasteiger partial charge in [0, 0.05) is 36.5 Å². The minimum atomic E-state index is -4.54. The van der Waals surface area contributed by atoms with Gasteiger partial charge in [-0.25, -0.2) is 26.4 Å². The normalized spacial score (nSPS) is 18.5. The number of carbonyl (C=O) groups excluding carboxylic acids is 2. The Morgan fingerprint density at radius 3 is 2.52 bits per heavy atom. The lowest BCUT2D eigenvalue weighted by Crippen LogP contribution is -2.49. The fraction of sp³-hybridized carbons (Fsp3) is 0.333. The highest BCUT2D eigenvalue weighted by molar-refractivity contribution is 7.89. The van der Waals surface area contributed by atoms with Crippen molar-refractivity contribution < 1.29 is 35.9 Å². The van der Waals surface area contributed by atoms with Gasteiger partial charge in [-0.05, 0) is 36.4 Å². The van der Waals surface area contributed by atoms with Gasteiger partial charge in [-0.15, -0.1) is 0 Å². The molecule has 178 valence electrons. The number of carbonyl (C=O) groups is 2. The first-order valence-electron chi connectivity index (χ1n) is 9.74. The molecule has 1 atom stereocenters. The molecule has 1 aliphatic heterocycles. The minimum absolute atomic E-state index is 0.121. The molecule has 1 aliphatic rings. The molecule has 0 saturated carbocycles. The zero-order valence-electron chi connectivity index (χ0n) is 17.4. The first-order valence-corrected chi connectivity index (χ1v) is 11.6. The van der Waals surface area contributed by atoms with Crippen molar-refractivity contribution in [2.45, 2.75) is 36.2 Å². The van der Waals surface area contributed by atoms with Crippen molar-refractivity contribution >= 4 is 33.5 Å². The second-order valence-corrected chi connectivity index (χ2v) is 9.75. The molecular weight excluding hydrogens is 485 g/mol. The summed E-state index contributed by atoms with van der Waals surface area (Å²) in [5, 5.41) is 2.53. The molecule has 1 amide bonds. The fourth-order valence-electron chi connectivity index (χ4n) is 3.39. The Morgan fingerprint density at radius 2 is 1.91 bits per heavy atom. The minimum Gasteiger partial charge on any atom is -0.465 e. The van der Waals surface area contributed by atoms with Gasteiger partial charge in [0.1, 0.15) is 11.9 Å². The molecule has 1 heterocycles. The van der Waals surface area contributed by atoms with Gasteiger partial charge in [-0.3, -0.25) is 4.79 Å². The van der Waals surface area contributed by atoms with Crippen molar-refractivity contribution in [3.63, 3.8) is 0 Å². The van der Waals surface area contributed by atoms with E-state index in [-0.39, 0.29) is 27.6 Å². The highest BCUT2D eigenvalue weighted by Crippen LogP contribution is 2.32. The van der Waals surface area contributed by atoms with Gasteiger partial charge in [-0.2, -0.15) is 4.31 Å². The monoisotopic (exact) mass is 504 g/mol. The van der Waals surface area contributed by atoms with Crippen LogP contribution < -0.4 is 5.32 Å². The third-order valence-corrected chi connectivity index (χ3v) is 7.27. The molecule has 0 radical (unpaired) electrons. The van der Waals surface area contributed by atoms with Crippen LogP contribution in [-0.4, -0.2) is 50.2 Å². The number of halogens is 4. The fourth-order valence-corrected chi connectivity index (χ4v) is 5.08. The predicted molar refractivity (Wildman–Crippen MR) is 113 cm³/mol. The van der Waals surface area contributed by atoms with E-state index in [0.717, 1.165) is 31.4 Å². The smallest absolute Gasteiger partial charge is 0.337 e. The van der Waals surface area contributed by atoms with Crippen LogP contribution in [0.4, 0.5) is 13.2 Å². The lowest BCUT2D eigenvalue weighted by Gasteiger charge is -2.30. The maximum atomic E-state index is 14.8. The van der Waals surface area contributed by atoms with Crippen LogP contribution in [-0.2, 0) is 26.1 Å². The summed E-state index contributed by atoms with van der Waals surface area (Å²) in [5.74, 6) is -6.02. The zero-order chi connectivity index (χ0) is 24.4. The number of benzene rings is 2. The van der Waals surface area contributed by atoms with Gasteiger partial charge in [-0.1, -0.05) is 17.7 Å². The highest BCUT2D eigenvalue weighted by atomic mass is 35.5. The molecule has 1 N–H and O–H groups in total. The molecule has 7 nitrogen and oxygen atoms in total. The molecule has 3 rings (SSSR count). The van der Waals surface area contributed by atoms with Gasteiger partial charge >= 0.3 is 5.97 Å². The summed E-state index contributed by atoms with van der Waals surface area (Å²) in [6, 6.07) is 6.29. The van der Waals surface area contributed by atoms with E-state index in [1.165, 1.54) is 18.2 Å². The maximum absolute atomic E-state index is 14.8. The lowest BCUT2D eigenvalue weighted by molar-refractivity contribution is -0.126. The van der Waals surface area contributed by atoms with Crippen molar-refractivity contribution in [2.75, 3.05) is 13.7 Å². The number of esters is 1. The van der Waals surface area contributed by atoms with Crippen molar-refractivity contribution in [1.29, 1.82) is 0 Å². The second-order valence-electron chi connectivity index (χ2n) is 7.42. The molecule has 1 saturated heterocycles. The Hall–Kier alpha value is -2.63. The van der Waals surface area contributed by atoms with E-state index < -0.39 is 59.1 Å². The first kappa shape index (κ1) is 25.0. The quantitative estimate of drug-likeness (QED) is 0.609. The van der Waals surface area contributed by atoms with Crippen LogP contribution in [0.2, 0.25) is 5.02 Å². The van der Waals surface area contributed by atoms with Gasteiger partial charge in [0.2, 0.25) is 15.9 Å². The van der Waals surface area contributed by atoms with Crippen LogP contribution in [0.15, 0.2) is 47.4 Å². The number of alkyl halides is 2. The molecule has 0 aliphatic carbocycles. The molecule has 12 heteroatoms. The largest absolute Gasteiger partial charge is 0.465 e. The Balaban J connectivity index is 2.08. The summed E-state index contributed by atoms with van der Waals surface area (Å²) in [5.41, 5.74) is -0.342. The summed E-state index contributed by atoms with van der Waals surface area (Å²) in [6.07, 6.45) is -1.74. The Kier molecular flexibility index (Phi) is 7.35. The molecule has 0 bridgehead atoms. The van der Waals surface area contributed by atoms with Crippen LogP contribution in [0.1, 0.15) is 28.8 Å². The van der Waals surface area contributed by atoms with E-state index in [4.69, 9.17) is 11.6 Å². The van der Waals surface area contributed by atoms with E-state index in [1.54, 1.807) is 0 Å². The number of methoxy groups -OCH3 is 1. The van der Waals surface area contributed by atoms with Crippen LogP contribution >= 0.6 is 11.6 Å². The summed E-state index contributed by atoms with van der Waals surface area (Å²) < 4.78 is 75.3. The maximum Gasteiger partial charge on any atom is 0.337 e. The predicted octanol–water partition coefficient (Wildman–Crippen LogP) is 3.37. The SMILES string of the molecule is COC(=O)c1ccc(CN([C@@H]2CC(F)(F)CCNC2=O)S(=O)(=O)c2ccc(Cl)cc2)c(F)c1. The van der Waals surface area contributed by atoms with Crippen LogP contribution in [0, 0.1) is 5.82 Å². The van der Waals surface area contributed by atoms with Crippen molar-refractivity contribution in [1.82, 2.24) is 9.62 Å². The topological polar surface area (TPSA) is 92.8 Å². The Bertz CT molecular complexity index is 1160. The molecule has 2 aromatic rings. The Morgan fingerprint density at radius 1 is 1.24 bits per heavy atom. The van der Waals surface area contributed by atoms with Gasteiger partial charge in [0.25, 0.3) is 5.92 Å². The number of sulfonamides is 1. The van der Waals surface area contributed by atoms with E-state index >= 15 is 0 Å². The molecule has 0 unspecified atom stereocenters. The average Bonchev–Trinajstić information content (AvgIpc) is 2.89. The molecule has 0 aromatic heterocycles. The van der Waals surface area contributed by atoms with E-state index in [9.17, 15) is 31.2 Å². The number of nitrogens with zero attached hydrogens (tertiary/aromatic N) is 1. The third kappa shape index (κ3) is 5.66. The van der Waals surface area contributed by atoms with Crippen molar-refractivity contribution in [3.05, 3.63) is 64.4 Å². The molecule has 33 heavy (non-hydrogen) atoms. The third-order valence-electron chi connectivity index (χ3n) is 5.15. The first-order chi connectivity index (χ1) is 15.4. The van der Waals surface area contributed by atoms with E-state index in [2.05, 4.69) is 10.1 Å². The summed E-state index contributed by atoms with van der Waals surface area (Å²) in [7, 11) is -3.43. The van der Waals surface area contributed by atoms with E-state index in [0.29, 0.717) is 4.31 Å². The Labute approximate surface area is 193 Å². The number of hydrogen-bond donors (Lipinski definition) is 1. The van der Waals surface area contributed by atoms with Gasteiger partial charge in [0.15, 0.2) is 0 Å². The molecule has 1 fully saturated rings. The lowest BCUT2D eigenvalue weighted by atomic mass is 10.1. The summed E-state index contributed by atoms with van der Waals surface area (Å²) >= 11 is 5.82. The van der Waals surface area contributed by atoms with E-state index in [1.807, 2.05) is 0 Å². The van der Waals surface area contributed by atoms with Gasteiger partial charge < -0.3 is 10.1 Å². The standard InChI is InChI=1S/C21H20ClF3N2O5S/c1-32-20(29)13-2-3-14(17(23)10-13)12-27(18-11-21(24,25)8-9-26-19(18)28)33(30,31)16-6-4-15(22)5-7-16/h2-7,10,18H,8-9,11-12H2,1H3,(H,26,28)/t18-/m1/s1. The zero-order valence-corrected chi connectivity index (χ0v) is 18.9. The van der Waals surface area contributed by atoms with Crippen LogP contribution in [0.5, 0.6) is 0 Å². The van der Waals surface area contributed by atoms with Crippen molar-refractivity contribution in [2.24, 2.45) is 0 Å². The van der Waals surface area contributed by atoms with Crippen molar-refractivity contribution in [3.8, 4) is 0 Å². The van der Waals surface area contributed by atoms with Crippen LogP contribution in [0.3, 0.4) is 0 Å². The van der Waals surface area contributed by atoms with Crippen LogP contribution in [0.25, 0.3) is 0 Å². The average molecular weight is 505 g/mol. The summed E-state index contributed by atoms with van der Waals surface area (Å²) in [6.45, 7) is -1.06. The number of nitrogens with one attached hydrogen (secondary N) is 1. The second kappa shape index (κ2) is 9.70. The number of amides is 1.